The number of ether oxygens (including phenoxy) is 2. The van der Waals surface area contributed by atoms with Crippen molar-refractivity contribution in [3.8, 4) is 11.5 Å². The quantitative estimate of drug-likeness (QED) is 0.338. The van der Waals surface area contributed by atoms with Gasteiger partial charge in [0.05, 0.1) is 15.6 Å². The first-order chi connectivity index (χ1) is 13.9. The molecule has 0 bridgehead atoms. The first-order valence-electron chi connectivity index (χ1n) is 8.46. The highest BCUT2D eigenvalue weighted by atomic mass is 127. The van der Waals surface area contributed by atoms with Gasteiger partial charge < -0.3 is 14.8 Å². The molecule has 0 unspecified atom stereocenters. The number of nitrogens with zero attached hydrogens (tertiary/aromatic N) is 1. The number of amides is 2. The van der Waals surface area contributed by atoms with Gasteiger partial charge >= 0.3 is 0 Å². The van der Waals surface area contributed by atoms with E-state index in [-0.39, 0.29) is 18.4 Å². The number of anilines is 1. The number of methoxy groups -OCH3 is 1. The van der Waals surface area contributed by atoms with E-state index in [1.54, 1.807) is 31.3 Å². The zero-order valence-electron chi connectivity index (χ0n) is 15.6. The summed E-state index contributed by atoms with van der Waals surface area (Å²) >= 11 is 8.52. The zero-order chi connectivity index (χ0) is 21.0. The predicted octanol–water partition coefficient (Wildman–Crippen LogP) is 4.15. The fourth-order valence-corrected chi connectivity index (χ4v) is 4.48. The summed E-state index contributed by atoms with van der Waals surface area (Å²) in [6.45, 7) is -0.158. The normalized spacial score (nSPS) is 15.0. The van der Waals surface area contributed by atoms with Crippen LogP contribution in [0.2, 0.25) is 0 Å². The van der Waals surface area contributed by atoms with E-state index in [2.05, 4.69) is 27.9 Å². The average molecular weight is 540 g/mol. The van der Waals surface area contributed by atoms with Crippen LogP contribution < -0.4 is 14.8 Å². The van der Waals surface area contributed by atoms with Gasteiger partial charge in [-0.3, -0.25) is 14.5 Å². The van der Waals surface area contributed by atoms with Gasteiger partial charge in [-0.2, -0.15) is 0 Å². The number of carbonyl (C=O) groups excluding carboxylic acids is 2. The van der Waals surface area contributed by atoms with Crippen LogP contribution in [0.25, 0.3) is 6.08 Å². The van der Waals surface area contributed by atoms with E-state index in [1.165, 1.54) is 23.8 Å². The number of thiocarbonyl (C=S) groups is 1. The molecule has 0 aromatic heterocycles. The van der Waals surface area contributed by atoms with Gasteiger partial charge in [0, 0.05) is 12.7 Å². The average Bonchev–Trinajstić information content (AvgIpc) is 2.94. The van der Waals surface area contributed by atoms with Crippen LogP contribution in [0.1, 0.15) is 5.56 Å². The molecule has 3 rings (SSSR count). The smallest absolute Gasteiger partial charge is 0.265 e. The number of benzene rings is 2. The van der Waals surface area contributed by atoms with Gasteiger partial charge in [-0.05, 0) is 58.5 Å². The Labute approximate surface area is 191 Å². The number of hydrogen-bond donors (Lipinski definition) is 1. The molecule has 0 atom stereocenters. The standard InChI is InChI=1S/C20H17IN2O4S2/c1-23-19(25)16(29-20(23)28)10-12-8-14(21)18(15(9-12)26-2)27-11-17(24)22-13-6-4-3-5-7-13/h3-10H,11H2,1-2H3,(H,22,24)/b16-10-. The molecule has 2 aromatic carbocycles. The lowest BCUT2D eigenvalue weighted by Crippen LogP contribution is -2.22. The van der Waals surface area contributed by atoms with Crippen molar-refractivity contribution >= 4 is 74.5 Å². The number of rotatable bonds is 6. The Kier molecular flexibility index (Phi) is 7.14. The molecule has 1 fully saturated rings. The summed E-state index contributed by atoms with van der Waals surface area (Å²) in [7, 11) is 3.18. The molecule has 29 heavy (non-hydrogen) atoms. The van der Waals surface area contributed by atoms with Gasteiger partial charge in [-0.1, -0.05) is 42.2 Å². The van der Waals surface area contributed by atoms with Gasteiger partial charge in [-0.15, -0.1) is 0 Å². The summed E-state index contributed by atoms with van der Waals surface area (Å²) in [6, 6.07) is 12.8. The predicted molar refractivity (Wildman–Crippen MR) is 127 cm³/mol. The highest BCUT2D eigenvalue weighted by Crippen LogP contribution is 2.37. The Morgan fingerprint density at radius 2 is 2.03 bits per heavy atom. The van der Waals surface area contributed by atoms with E-state index in [4.69, 9.17) is 21.7 Å². The number of thioether (sulfide) groups is 1. The van der Waals surface area contributed by atoms with Crippen LogP contribution in [-0.2, 0) is 9.59 Å². The van der Waals surface area contributed by atoms with Gasteiger partial charge in [0.1, 0.15) is 4.32 Å². The topological polar surface area (TPSA) is 67.9 Å². The Hall–Kier alpha value is -2.11. The molecule has 9 heteroatoms. The maximum atomic E-state index is 12.2. The van der Waals surface area contributed by atoms with Crippen molar-refractivity contribution in [2.45, 2.75) is 0 Å². The molecule has 1 aliphatic heterocycles. The Morgan fingerprint density at radius 3 is 2.66 bits per heavy atom. The molecule has 1 saturated heterocycles. The second kappa shape index (κ2) is 9.59. The molecule has 1 heterocycles. The summed E-state index contributed by atoms with van der Waals surface area (Å²) in [5.41, 5.74) is 1.48. The summed E-state index contributed by atoms with van der Waals surface area (Å²) in [6.07, 6.45) is 1.76. The zero-order valence-corrected chi connectivity index (χ0v) is 19.4. The van der Waals surface area contributed by atoms with E-state index in [0.29, 0.717) is 26.4 Å². The molecule has 1 N–H and O–H groups in total. The van der Waals surface area contributed by atoms with Gasteiger partial charge in [0.2, 0.25) is 0 Å². The van der Waals surface area contributed by atoms with Crippen molar-refractivity contribution in [3.63, 3.8) is 0 Å². The summed E-state index contributed by atoms with van der Waals surface area (Å²) in [5.74, 6) is 0.538. The molecule has 1 aliphatic rings. The molecule has 0 aliphatic carbocycles. The van der Waals surface area contributed by atoms with E-state index in [1.807, 2.05) is 24.3 Å². The van der Waals surface area contributed by atoms with Crippen molar-refractivity contribution < 1.29 is 19.1 Å². The van der Waals surface area contributed by atoms with Crippen LogP contribution in [0.5, 0.6) is 11.5 Å². The molecule has 2 amide bonds. The highest BCUT2D eigenvalue weighted by Gasteiger charge is 2.28. The van der Waals surface area contributed by atoms with E-state index < -0.39 is 0 Å². The minimum absolute atomic E-state index is 0.133. The van der Waals surface area contributed by atoms with Gasteiger partial charge in [-0.25, -0.2) is 0 Å². The number of likely N-dealkylation sites (N-methyl/N-ethyl adjacent to an activating group) is 1. The lowest BCUT2D eigenvalue weighted by atomic mass is 10.2. The number of nitrogens with one attached hydrogen (secondary N) is 1. The largest absolute Gasteiger partial charge is 0.493 e. The maximum absolute atomic E-state index is 12.2. The summed E-state index contributed by atoms with van der Waals surface area (Å²) in [5, 5.41) is 2.77. The molecule has 6 nitrogen and oxygen atoms in total. The van der Waals surface area contributed by atoms with E-state index >= 15 is 0 Å². The van der Waals surface area contributed by atoms with Crippen molar-refractivity contribution in [2.75, 3.05) is 26.1 Å². The number of carbonyl (C=O) groups is 2. The van der Waals surface area contributed by atoms with Gasteiger partial charge in [0.15, 0.2) is 18.1 Å². The van der Waals surface area contributed by atoms with Crippen LogP contribution in [-0.4, -0.2) is 41.8 Å². The Balaban J connectivity index is 1.74. The molecule has 0 saturated carbocycles. The summed E-state index contributed by atoms with van der Waals surface area (Å²) in [4.78, 5) is 26.3. The third-order valence-electron chi connectivity index (χ3n) is 3.94. The molecule has 0 radical (unpaired) electrons. The molecule has 150 valence electrons. The van der Waals surface area contributed by atoms with Crippen molar-refractivity contribution in [3.05, 3.63) is 56.5 Å². The van der Waals surface area contributed by atoms with E-state index in [9.17, 15) is 9.59 Å². The number of halogens is 1. The van der Waals surface area contributed by atoms with Crippen LogP contribution in [0.15, 0.2) is 47.4 Å². The second-order valence-electron chi connectivity index (χ2n) is 5.98. The third kappa shape index (κ3) is 5.28. The lowest BCUT2D eigenvalue weighted by molar-refractivity contribution is -0.121. The first kappa shape index (κ1) is 21.6. The lowest BCUT2D eigenvalue weighted by Gasteiger charge is -2.14. The van der Waals surface area contributed by atoms with Crippen LogP contribution in [0.4, 0.5) is 5.69 Å². The Bertz CT molecular complexity index is 995. The fraction of sp³-hybridized carbons (Fsp3) is 0.150. The maximum Gasteiger partial charge on any atom is 0.265 e. The molecular formula is C20H17IN2O4S2. The fourth-order valence-electron chi connectivity index (χ4n) is 2.52. The van der Waals surface area contributed by atoms with Crippen molar-refractivity contribution in [2.24, 2.45) is 0 Å². The molecular weight excluding hydrogens is 523 g/mol. The second-order valence-corrected chi connectivity index (χ2v) is 8.82. The molecule has 2 aromatic rings. The van der Waals surface area contributed by atoms with E-state index in [0.717, 1.165) is 9.13 Å². The van der Waals surface area contributed by atoms with Crippen LogP contribution in [0, 0.1) is 3.57 Å². The highest BCUT2D eigenvalue weighted by molar-refractivity contribution is 14.1. The number of para-hydroxylation sites is 1. The summed E-state index contributed by atoms with van der Waals surface area (Å²) < 4.78 is 12.4. The van der Waals surface area contributed by atoms with Gasteiger partial charge in [0.25, 0.3) is 11.8 Å². The molecule has 0 spiro atoms. The monoisotopic (exact) mass is 540 g/mol. The van der Waals surface area contributed by atoms with Crippen LogP contribution in [0.3, 0.4) is 0 Å². The Morgan fingerprint density at radius 1 is 1.31 bits per heavy atom. The van der Waals surface area contributed by atoms with Crippen molar-refractivity contribution in [1.29, 1.82) is 0 Å². The van der Waals surface area contributed by atoms with Crippen LogP contribution >= 0.6 is 46.6 Å². The van der Waals surface area contributed by atoms with Crippen molar-refractivity contribution in [1.82, 2.24) is 4.90 Å². The SMILES string of the molecule is COc1cc(/C=C2\SC(=S)N(C)C2=O)cc(I)c1OCC(=O)Nc1ccccc1. The minimum Gasteiger partial charge on any atom is -0.493 e. The number of hydrogen-bond acceptors (Lipinski definition) is 6. The third-order valence-corrected chi connectivity index (χ3v) is 6.23. The first-order valence-corrected chi connectivity index (χ1v) is 10.8. The minimum atomic E-state index is -0.273.